The summed E-state index contributed by atoms with van der Waals surface area (Å²) in [5, 5.41) is 10.3. The van der Waals surface area contributed by atoms with Gasteiger partial charge in [0.2, 0.25) is 10.0 Å². The Balaban J connectivity index is 1.64. The number of amides is 2. The number of rotatable bonds is 5. The summed E-state index contributed by atoms with van der Waals surface area (Å²) in [5.74, 6) is -1.28. The number of alkyl halides is 3. The van der Waals surface area contributed by atoms with Crippen LogP contribution in [-0.4, -0.2) is 20.2 Å². The standard InChI is InChI=1S/C24H18F3N3O4S/c25-24(26,27)17-3-1-2-15(10-17)16-6-9-19-20(11-16)21(23(32)30-22(19)31)13-29-12-14-4-7-18(8-5-14)35(28,33)34/h1-11,13,29H,12H2,(H2,28,33,34)(H,30,31,32). The summed E-state index contributed by atoms with van der Waals surface area (Å²) < 4.78 is 62.1. The van der Waals surface area contributed by atoms with Gasteiger partial charge in [-0.2, -0.15) is 13.2 Å². The fraction of sp³-hybridized carbons (Fsp3) is 0.0833. The van der Waals surface area contributed by atoms with Crippen molar-refractivity contribution < 1.29 is 31.2 Å². The van der Waals surface area contributed by atoms with E-state index in [1.165, 1.54) is 48.7 Å². The Kier molecular flexibility index (Phi) is 6.22. The van der Waals surface area contributed by atoms with Gasteiger partial charge in [-0.25, -0.2) is 13.6 Å². The van der Waals surface area contributed by atoms with Crippen LogP contribution in [0, 0.1) is 0 Å². The Morgan fingerprint density at radius 3 is 2.23 bits per heavy atom. The highest BCUT2D eigenvalue weighted by Gasteiger charge is 2.31. The third-order valence-electron chi connectivity index (χ3n) is 5.35. The number of primary sulfonamides is 1. The first-order valence-electron chi connectivity index (χ1n) is 10.2. The molecule has 1 heterocycles. The van der Waals surface area contributed by atoms with Crippen LogP contribution in [0.1, 0.15) is 27.0 Å². The van der Waals surface area contributed by atoms with Crippen molar-refractivity contribution in [2.45, 2.75) is 17.6 Å². The summed E-state index contributed by atoms with van der Waals surface area (Å²) in [6.45, 7) is 0.221. The minimum Gasteiger partial charge on any atom is -0.386 e. The molecule has 0 saturated carbocycles. The molecule has 1 aliphatic heterocycles. The first-order chi connectivity index (χ1) is 16.4. The SMILES string of the molecule is NS(=O)(=O)c1ccc(CNC=C2C(=O)NC(=O)c3ccc(-c4cccc(C(F)(F)F)c4)cc32)cc1. The quantitative estimate of drug-likeness (QED) is 0.366. The number of carbonyl (C=O) groups is 2. The van der Waals surface area contributed by atoms with E-state index in [-0.39, 0.29) is 33.7 Å². The molecule has 1 aliphatic rings. The fourth-order valence-electron chi connectivity index (χ4n) is 3.59. The second-order valence-corrected chi connectivity index (χ2v) is 9.31. The molecule has 0 unspecified atom stereocenters. The van der Waals surface area contributed by atoms with E-state index < -0.39 is 33.6 Å². The molecule has 0 saturated heterocycles. The van der Waals surface area contributed by atoms with Gasteiger partial charge < -0.3 is 5.32 Å². The van der Waals surface area contributed by atoms with Crippen LogP contribution in [0.25, 0.3) is 16.7 Å². The van der Waals surface area contributed by atoms with E-state index in [0.29, 0.717) is 11.1 Å². The van der Waals surface area contributed by atoms with E-state index in [2.05, 4.69) is 10.6 Å². The normalized spacial score (nSPS) is 15.0. The molecule has 3 aromatic carbocycles. The summed E-state index contributed by atoms with van der Waals surface area (Å²) in [6.07, 6.45) is -3.12. The number of halogens is 3. The molecule has 11 heteroatoms. The number of nitrogens with two attached hydrogens (primary N) is 1. The maximum atomic E-state index is 13.1. The molecule has 0 fully saturated rings. The van der Waals surface area contributed by atoms with Crippen LogP contribution in [0.4, 0.5) is 13.2 Å². The van der Waals surface area contributed by atoms with E-state index >= 15 is 0 Å². The highest BCUT2D eigenvalue weighted by atomic mass is 32.2. The van der Waals surface area contributed by atoms with Crippen LogP contribution in [0.15, 0.2) is 77.8 Å². The number of hydrogen-bond acceptors (Lipinski definition) is 5. The molecule has 0 aromatic heterocycles. The average Bonchev–Trinajstić information content (AvgIpc) is 2.80. The highest BCUT2D eigenvalue weighted by molar-refractivity contribution is 7.89. The molecule has 4 N–H and O–H groups in total. The maximum Gasteiger partial charge on any atom is 0.416 e. The lowest BCUT2D eigenvalue weighted by molar-refractivity contribution is -0.137. The van der Waals surface area contributed by atoms with Crippen LogP contribution in [0.5, 0.6) is 0 Å². The first-order valence-corrected chi connectivity index (χ1v) is 11.7. The number of benzene rings is 3. The van der Waals surface area contributed by atoms with Crippen molar-refractivity contribution in [2.75, 3.05) is 0 Å². The molecule has 3 aromatic rings. The van der Waals surface area contributed by atoms with Crippen molar-refractivity contribution in [3.63, 3.8) is 0 Å². The first kappa shape index (κ1) is 24.2. The minimum absolute atomic E-state index is 0.0409. The highest BCUT2D eigenvalue weighted by Crippen LogP contribution is 2.34. The van der Waals surface area contributed by atoms with Crippen molar-refractivity contribution >= 4 is 27.4 Å². The minimum atomic E-state index is -4.51. The smallest absolute Gasteiger partial charge is 0.386 e. The Morgan fingerprint density at radius 2 is 1.57 bits per heavy atom. The van der Waals surface area contributed by atoms with Crippen LogP contribution in [0.3, 0.4) is 0 Å². The number of sulfonamides is 1. The van der Waals surface area contributed by atoms with Gasteiger partial charge in [0.25, 0.3) is 11.8 Å². The molecule has 35 heavy (non-hydrogen) atoms. The Labute approximate surface area is 198 Å². The molecule has 0 radical (unpaired) electrons. The molecule has 0 spiro atoms. The number of nitrogens with one attached hydrogen (secondary N) is 2. The van der Waals surface area contributed by atoms with E-state index in [0.717, 1.165) is 12.1 Å². The zero-order valence-electron chi connectivity index (χ0n) is 17.9. The third kappa shape index (κ3) is 5.26. The summed E-state index contributed by atoms with van der Waals surface area (Å²) in [6, 6.07) is 15.0. The molecule has 2 amide bonds. The molecule has 0 atom stereocenters. The zero-order chi connectivity index (χ0) is 25.4. The van der Waals surface area contributed by atoms with E-state index in [1.807, 2.05) is 0 Å². The second-order valence-electron chi connectivity index (χ2n) is 7.75. The van der Waals surface area contributed by atoms with Crippen molar-refractivity contribution in [1.82, 2.24) is 10.6 Å². The third-order valence-corrected chi connectivity index (χ3v) is 6.28. The predicted octanol–water partition coefficient (Wildman–Crippen LogP) is 3.42. The van der Waals surface area contributed by atoms with E-state index in [9.17, 15) is 31.2 Å². The lowest BCUT2D eigenvalue weighted by atomic mass is 9.91. The van der Waals surface area contributed by atoms with Crippen LogP contribution >= 0.6 is 0 Å². The number of imide groups is 1. The van der Waals surface area contributed by atoms with Crippen molar-refractivity contribution in [3.05, 3.63) is 95.2 Å². The summed E-state index contributed by atoms with van der Waals surface area (Å²) >= 11 is 0. The molecular weight excluding hydrogens is 483 g/mol. The predicted molar refractivity (Wildman–Crippen MR) is 122 cm³/mol. The van der Waals surface area contributed by atoms with E-state index in [4.69, 9.17) is 5.14 Å². The monoisotopic (exact) mass is 501 g/mol. The van der Waals surface area contributed by atoms with Crippen molar-refractivity contribution in [3.8, 4) is 11.1 Å². The summed E-state index contributed by atoms with van der Waals surface area (Å²) in [7, 11) is -3.82. The van der Waals surface area contributed by atoms with Gasteiger partial charge in [-0.15, -0.1) is 0 Å². The zero-order valence-corrected chi connectivity index (χ0v) is 18.7. The number of fused-ring (bicyclic) bond motifs is 1. The molecule has 4 rings (SSSR count). The Bertz CT molecular complexity index is 1460. The van der Waals surface area contributed by atoms with Crippen molar-refractivity contribution in [2.24, 2.45) is 5.14 Å². The van der Waals surface area contributed by atoms with Gasteiger partial charge in [-0.05, 0) is 53.1 Å². The van der Waals surface area contributed by atoms with Crippen molar-refractivity contribution in [1.29, 1.82) is 0 Å². The topological polar surface area (TPSA) is 118 Å². The van der Waals surface area contributed by atoms with Gasteiger partial charge in [0, 0.05) is 23.9 Å². The fourth-order valence-corrected chi connectivity index (χ4v) is 4.11. The number of hydrogen-bond donors (Lipinski definition) is 3. The van der Waals surface area contributed by atoms with Gasteiger partial charge in [0.15, 0.2) is 0 Å². The molecular formula is C24H18F3N3O4S. The second kappa shape index (κ2) is 9.01. The van der Waals surface area contributed by atoms with Gasteiger partial charge in [0.05, 0.1) is 16.0 Å². The van der Waals surface area contributed by atoms with Gasteiger partial charge >= 0.3 is 6.18 Å². The van der Waals surface area contributed by atoms with E-state index in [1.54, 1.807) is 12.1 Å². The maximum absolute atomic E-state index is 13.1. The van der Waals surface area contributed by atoms with Gasteiger partial charge in [-0.1, -0.05) is 30.3 Å². The number of carbonyl (C=O) groups excluding carboxylic acids is 2. The van der Waals surface area contributed by atoms with Crippen LogP contribution < -0.4 is 15.8 Å². The van der Waals surface area contributed by atoms with Crippen LogP contribution in [0.2, 0.25) is 0 Å². The molecule has 7 nitrogen and oxygen atoms in total. The Hall–Kier alpha value is -3.96. The van der Waals surface area contributed by atoms with Gasteiger partial charge in [0.1, 0.15) is 0 Å². The average molecular weight is 501 g/mol. The molecule has 0 bridgehead atoms. The lowest BCUT2D eigenvalue weighted by Gasteiger charge is -2.20. The van der Waals surface area contributed by atoms with Crippen LogP contribution in [-0.2, 0) is 27.5 Å². The van der Waals surface area contributed by atoms with Gasteiger partial charge in [-0.3, -0.25) is 14.9 Å². The summed E-state index contributed by atoms with van der Waals surface area (Å²) in [4.78, 5) is 24.8. The molecule has 0 aliphatic carbocycles. The Morgan fingerprint density at radius 1 is 0.886 bits per heavy atom. The summed E-state index contributed by atoms with van der Waals surface area (Å²) in [5.41, 5.74) is 1.16. The largest absolute Gasteiger partial charge is 0.416 e. The molecule has 180 valence electrons. The lowest BCUT2D eigenvalue weighted by Crippen LogP contribution is -2.37.